The first-order chi connectivity index (χ1) is 24.1. The second-order valence-electron chi connectivity index (χ2n) is 12.2. The summed E-state index contributed by atoms with van der Waals surface area (Å²) in [5, 5.41) is 10.7. The first kappa shape index (κ1) is 35.4. The molecule has 0 spiro atoms. The molecule has 15 heteroatoms. The van der Waals surface area contributed by atoms with E-state index in [2.05, 4.69) is 20.6 Å². The Hall–Kier alpha value is -4.44. The molecule has 1 amide bonds. The summed E-state index contributed by atoms with van der Waals surface area (Å²) in [6.45, 7) is 6.28. The molecule has 1 aromatic heterocycles. The topological polar surface area (TPSA) is 141 Å². The van der Waals surface area contributed by atoms with E-state index >= 15 is 0 Å². The second kappa shape index (κ2) is 15.6. The number of aromatic nitrogens is 2. The first-order valence-electron chi connectivity index (χ1n) is 16.6. The van der Waals surface area contributed by atoms with Crippen LogP contribution < -0.4 is 10.6 Å². The van der Waals surface area contributed by atoms with Crippen molar-refractivity contribution in [2.45, 2.75) is 55.0 Å². The van der Waals surface area contributed by atoms with Crippen LogP contribution in [0.5, 0.6) is 0 Å². The summed E-state index contributed by atoms with van der Waals surface area (Å²) in [6, 6.07) is 11.4. The predicted molar refractivity (Wildman–Crippen MR) is 181 cm³/mol. The number of benzene rings is 3. The van der Waals surface area contributed by atoms with Gasteiger partial charge in [-0.05, 0) is 93.7 Å². The number of amides is 1. The highest BCUT2D eigenvalue weighted by Crippen LogP contribution is 2.31. The maximum Gasteiger partial charge on any atom is 0.435 e. The van der Waals surface area contributed by atoms with Crippen molar-refractivity contribution in [2.24, 2.45) is 0 Å². The zero-order valence-electron chi connectivity index (χ0n) is 27.6. The number of halogens is 2. The molecule has 50 heavy (non-hydrogen) atoms. The molecule has 2 N–H and O–H groups in total. The quantitative estimate of drug-likeness (QED) is 0.178. The molecular weight excluding hydrogens is 672 g/mol. The molecule has 3 aromatic carbocycles. The number of hydrogen-bond acceptors (Lipinski definition) is 10. The molecule has 0 radical (unpaired) electrons. The van der Waals surface area contributed by atoms with Crippen molar-refractivity contribution in [3.63, 3.8) is 0 Å². The summed E-state index contributed by atoms with van der Waals surface area (Å²) in [4.78, 5) is 28.6. The van der Waals surface area contributed by atoms with Crippen LogP contribution in [0.3, 0.4) is 0 Å². The van der Waals surface area contributed by atoms with E-state index in [1.54, 1.807) is 13.0 Å². The standard InChI is InChI=1S/C35H39F2N5O7S/c1-2-47-15-16-49-35(44)42-32-8-6-27(50(45,46)28-19-24(36)18-25(37)20-28)21-30(32)33(40-42)39-34(43)29-7-5-23(22-41-11-3-4-12-41)17-31(29)38-26-9-13-48-14-10-26/h5-8,17-21,26,38H,2-4,9-16,22H2,1H3,(H,39,40,43). The zero-order valence-corrected chi connectivity index (χ0v) is 28.4. The number of rotatable bonds is 12. The van der Waals surface area contributed by atoms with Gasteiger partial charge in [0.15, 0.2) is 5.82 Å². The average Bonchev–Trinajstić information content (AvgIpc) is 3.74. The van der Waals surface area contributed by atoms with Gasteiger partial charge >= 0.3 is 6.09 Å². The lowest BCUT2D eigenvalue weighted by Gasteiger charge is -2.26. The van der Waals surface area contributed by atoms with E-state index in [0.717, 1.165) is 55.6 Å². The minimum atomic E-state index is -4.43. The summed E-state index contributed by atoms with van der Waals surface area (Å²) < 4.78 is 72.0. The van der Waals surface area contributed by atoms with Gasteiger partial charge in [-0.25, -0.2) is 22.0 Å². The van der Waals surface area contributed by atoms with Crippen LogP contribution in [-0.2, 0) is 30.6 Å². The molecule has 0 atom stereocenters. The fourth-order valence-electron chi connectivity index (χ4n) is 6.15. The third kappa shape index (κ3) is 8.12. The van der Waals surface area contributed by atoms with Gasteiger partial charge in [0.05, 0.1) is 27.5 Å². The fourth-order valence-corrected chi connectivity index (χ4v) is 7.48. The van der Waals surface area contributed by atoms with Crippen molar-refractivity contribution < 1.29 is 41.0 Å². The molecule has 12 nitrogen and oxygen atoms in total. The molecule has 2 fully saturated rings. The average molecular weight is 712 g/mol. The number of nitrogens with zero attached hydrogens (tertiary/aromatic N) is 3. The largest absolute Gasteiger partial charge is 0.445 e. The lowest BCUT2D eigenvalue weighted by Crippen LogP contribution is -2.29. The smallest absolute Gasteiger partial charge is 0.435 e. The molecule has 0 saturated carbocycles. The third-order valence-corrected chi connectivity index (χ3v) is 10.4. The van der Waals surface area contributed by atoms with Gasteiger partial charge in [0.1, 0.15) is 18.2 Å². The van der Waals surface area contributed by atoms with Gasteiger partial charge in [0.2, 0.25) is 9.84 Å². The number of ether oxygens (including phenoxy) is 3. The molecule has 6 rings (SSSR count). The van der Waals surface area contributed by atoms with Gasteiger partial charge in [-0.3, -0.25) is 9.69 Å². The number of hydrogen-bond donors (Lipinski definition) is 2. The van der Waals surface area contributed by atoms with Crippen molar-refractivity contribution in [1.82, 2.24) is 14.7 Å². The van der Waals surface area contributed by atoms with Gasteiger partial charge in [-0.15, -0.1) is 5.10 Å². The van der Waals surface area contributed by atoms with Crippen LogP contribution in [0, 0.1) is 11.6 Å². The van der Waals surface area contributed by atoms with Crippen molar-refractivity contribution in [3.8, 4) is 0 Å². The Morgan fingerprint density at radius 2 is 1.70 bits per heavy atom. The molecule has 4 aromatic rings. The van der Waals surface area contributed by atoms with Crippen LogP contribution in [0.1, 0.15) is 48.5 Å². The van der Waals surface area contributed by atoms with Crippen LogP contribution in [-0.4, -0.2) is 87.3 Å². The molecular formula is C35H39F2N5O7S. The van der Waals surface area contributed by atoms with Crippen LogP contribution in [0.2, 0.25) is 0 Å². The summed E-state index contributed by atoms with van der Waals surface area (Å²) in [5.41, 5.74) is 2.13. The summed E-state index contributed by atoms with van der Waals surface area (Å²) in [6.07, 6.45) is 2.95. The molecule has 0 aliphatic carbocycles. The monoisotopic (exact) mass is 711 g/mol. The van der Waals surface area contributed by atoms with Gasteiger partial charge < -0.3 is 24.8 Å². The fraction of sp³-hybridized carbons (Fsp3) is 0.400. The van der Waals surface area contributed by atoms with E-state index in [9.17, 15) is 26.8 Å². The lowest BCUT2D eigenvalue weighted by molar-refractivity contribution is 0.0786. The number of fused-ring (bicyclic) bond motifs is 1. The highest BCUT2D eigenvalue weighted by molar-refractivity contribution is 7.91. The molecule has 2 aliphatic heterocycles. The highest BCUT2D eigenvalue weighted by atomic mass is 32.2. The van der Waals surface area contributed by atoms with Crippen molar-refractivity contribution >= 4 is 44.2 Å². The minimum Gasteiger partial charge on any atom is -0.445 e. The van der Waals surface area contributed by atoms with E-state index < -0.39 is 38.4 Å². The zero-order chi connectivity index (χ0) is 35.3. The first-order valence-corrected chi connectivity index (χ1v) is 18.1. The van der Waals surface area contributed by atoms with E-state index in [-0.39, 0.29) is 40.9 Å². The van der Waals surface area contributed by atoms with E-state index in [4.69, 9.17) is 14.2 Å². The minimum absolute atomic E-state index is 0.0711. The number of sulfone groups is 1. The lowest BCUT2D eigenvalue weighted by atomic mass is 10.0. The third-order valence-electron chi connectivity index (χ3n) is 8.68. The van der Waals surface area contributed by atoms with Crippen LogP contribution >= 0.6 is 0 Å². The number of likely N-dealkylation sites (tertiary alicyclic amines) is 1. The maximum absolute atomic E-state index is 14.0. The summed E-state index contributed by atoms with van der Waals surface area (Å²) >= 11 is 0. The molecule has 0 bridgehead atoms. The Labute approximate surface area is 288 Å². The highest BCUT2D eigenvalue weighted by Gasteiger charge is 2.26. The van der Waals surface area contributed by atoms with Gasteiger partial charge in [0.25, 0.3) is 5.91 Å². The van der Waals surface area contributed by atoms with Crippen molar-refractivity contribution in [2.75, 3.05) is 56.8 Å². The van der Waals surface area contributed by atoms with Gasteiger partial charge in [0, 0.05) is 49.5 Å². The van der Waals surface area contributed by atoms with E-state index in [1.807, 2.05) is 12.1 Å². The Morgan fingerprint density at radius 3 is 2.42 bits per heavy atom. The molecule has 2 aliphatic rings. The Bertz CT molecular complexity index is 1960. The number of carbonyl (C=O) groups excluding carboxylic acids is 2. The molecule has 2 saturated heterocycles. The van der Waals surface area contributed by atoms with Crippen LogP contribution in [0.4, 0.5) is 25.1 Å². The Balaban J connectivity index is 1.36. The van der Waals surface area contributed by atoms with Crippen LogP contribution in [0.25, 0.3) is 10.9 Å². The Morgan fingerprint density at radius 1 is 0.960 bits per heavy atom. The molecule has 3 heterocycles. The van der Waals surface area contributed by atoms with Crippen molar-refractivity contribution in [3.05, 3.63) is 77.4 Å². The number of nitrogens with one attached hydrogen (secondary N) is 2. The SMILES string of the molecule is CCOCCOC(=O)n1nc(NC(=O)c2ccc(CN3CCCC3)cc2NC2CCOCC2)c2cc(S(=O)(=O)c3cc(F)cc(F)c3)ccc21. The molecule has 0 unspecified atom stereocenters. The number of carbonyl (C=O) groups is 2. The summed E-state index contributed by atoms with van der Waals surface area (Å²) in [5.74, 6) is -2.79. The maximum atomic E-state index is 14.0. The van der Waals surface area contributed by atoms with E-state index in [1.165, 1.54) is 18.2 Å². The normalized spacial score (nSPS) is 15.7. The van der Waals surface area contributed by atoms with Gasteiger partial charge in [-0.1, -0.05) is 6.07 Å². The molecule has 266 valence electrons. The van der Waals surface area contributed by atoms with Gasteiger partial charge in [-0.2, -0.15) is 4.68 Å². The number of anilines is 2. The predicted octanol–water partition coefficient (Wildman–Crippen LogP) is 5.61. The van der Waals surface area contributed by atoms with Crippen molar-refractivity contribution in [1.29, 1.82) is 0 Å². The van der Waals surface area contributed by atoms with Crippen LogP contribution in [0.15, 0.2) is 64.4 Å². The Kier molecular flexibility index (Phi) is 11.1. The summed E-state index contributed by atoms with van der Waals surface area (Å²) in [7, 11) is -4.43. The second-order valence-corrected chi connectivity index (χ2v) is 14.2. The van der Waals surface area contributed by atoms with E-state index in [0.29, 0.717) is 49.3 Å².